The number of amides is 1. The quantitative estimate of drug-likeness (QED) is 0.849. The summed E-state index contributed by atoms with van der Waals surface area (Å²) in [5.74, 6) is 0.955. The van der Waals surface area contributed by atoms with E-state index in [4.69, 9.17) is 0 Å². The molecule has 114 valence electrons. The van der Waals surface area contributed by atoms with Gasteiger partial charge in [-0.1, -0.05) is 30.3 Å². The number of rotatable bonds is 4. The number of hydrogen-bond donors (Lipinski definition) is 0. The highest BCUT2D eigenvalue weighted by Crippen LogP contribution is 2.24. The van der Waals surface area contributed by atoms with Gasteiger partial charge in [-0.05, 0) is 50.8 Å². The van der Waals surface area contributed by atoms with Crippen LogP contribution in [0.2, 0.25) is 0 Å². The number of carbonyl (C=O) groups excluding carboxylic acids is 1. The van der Waals surface area contributed by atoms with Crippen LogP contribution < -0.4 is 0 Å². The van der Waals surface area contributed by atoms with Gasteiger partial charge in [-0.15, -0.1) is 0 Å². The van der Waals surface area contributed by atoms with Gasteiger partial charge in [0.1, 0.15) is 0 Å². The van der Waals surface area contributed by atoms with E-state index in [9.17, 15) is 4.79 Å². The van der Waals surface area contributed by atoms with E-state index in [1.54, 1.807) is 0 Å². The molecular weight excluding hydrogens is 260 g/mol. The van der Waals surface area contributed by atoms with Crippen molar-refractivity contribution in [1.82, 2.24) is 9.80 Å². The molecule has 1 unspecified atom stereocenters. The van der Waals surface area contributed by atoms with Crippen LogP contribution in [-0.2, 0) is 4.79 Å². The zero-order chi connectivity index (χ0) is 14.7. The van der Waals surface area contributed by atoms with Gasteiger partial charge in [-0.25, -0.2) is 0 Å². The molecule has 0 N–H and O–H groups in total. The van der Waals surface area contributed by atoms with Crippen molar-refractivity contribution in [2.45, 2.75) is 32.1 Å². The fourth-order valence-corrected chi connectivity index (χ4v) is 3.67. The minimum atomic E-state index is -0.0169. The van der Waals surface area contributed by atoms with Crippen LogP contribution in [0.5, 0.6) is 0 Å². The van der Waals surface area contributed by atoms with Gasteiger partial charge in [0.2, 0.25) is 5.91 Å². The first-order chi connectivity index (χ1) is 10.2. The predicted octanol–water partition coefficient (Wildman–Crippen LogP) is 2.73. The third-order valence-electron chi connectivity index (χ3n) is 4.98. The Kier molecular flexibility index (Phi) is 4.59. The van der Waals surface area contributed by atoms with Gasteiger partial charge in [0.05, 0.1) is 5.92 Å². The largest absolute Gasteiger partial charge is 0.342 e. The Labute approximate surface area is 127 Å². The van der Waals surface area contributed by atoms with Crippen LogP contribution in [0.4, 0.5) is 0 Å². The van der Waals surface area contributed by atoms with E-state index >= 15 is 0 Å². The van der Waals surface area contributed by atoms with Crippen molar-refractivity contribution in [2.24, 2.45) is 5.92 Å². The fraction of sp³-hybridized carbons (Fsp3) is 0.611. The normalized spacial score (nSPS) is 24.4. The molecule has 0 saturated carbocycles. The third-order valence-corrected chi connectivity index (χ3v) is 4.98. The lowest BCUT2D eigenvalue weighted by molar-refractivity contribution is -0.131. The first kappa shape index (κ1) is 14.6. The van der Waals surface area contributed by atoms with Crippen LogP contribution in [0.25, 0.3) is 0 Å². The highest BCUT2D eigenvalue weighted by molar-refractivity contribution is 5.83. The maximum Gasteiger partial charge on any atom is 0.229 e. The number of hydrogen-bond acceptors (Lipinski definition) is 2. The van der Waals surface area contributed by atoms with Crippen molar-refractivity contribution in [3.63, 3.8) is 0 Å². The van der Waals surface area contributed by atoms with E-state index in [2.05, 4.69) is 21.9 Å². The standard InChI is InChI=1S/C18H26N2O/c1-15(17-7-3-2-4-8-17)18(21)20-12-9-16(14-20)13-19-10-5-6-11-19/h2-4,7-8,15-16H,5-6,9-14H2,1H3/t15-,16?/m0/s1. The van der Waals surface area contributed by atoms with Crippen LogP contribution in [0.15, 0.2) is 30.3 Å². The maximum absolute atomic E-state index is 12.6. The summed E-state index contributed by atoms with van der Waals surface area (Å²) in [4.78, 5) is 17.3. The summed E-state index contributed by atoms with van der Waals surface area (Å²) in [7, 11) is 0. The summed E-state index contributed by atoms with van der Waals surface area (Å²) in [6, 6.07) is 10.1. The molecule has 0 aliphatic carbocycles. The minimum Gasteiger partial charge on any atom is -0.342 e. The molecule has 0 spiro atoms. The lowest BCUT2D eigenvalue weighted by Crippen LogP contribution is -2.34. The Hall–Kier alpha value is -1.35. The summed E-state index contributed by atoms with van der Waals surface area (Å²) in [6.45, 7) is 7.62. The fourth-order valence-electron chi connectivity index (χ4n) is 3.67. The maximum atomic E-state index is 12.6. The van der Waals surface area contributed by atoms with E-state index in [0.29, 0.717) is 11.8 Å². The SMILES string of the molecule is C[C@H](C(=O)N1CCC(CN2CCCC2)C1)c1ccccc1. The first-order valence-corrected chi connectivity index (χ1v) is 8.30. The molecule has 21 heavy (non-hydrogen) atoms. The van der Waals surface area contributed by atoms with Crippen molar-refractivity contribution in [2.75, 3.05) is 32.7 Å². The molecule has 2 aliphatic heterocycles. The zero-order valence-electron chi connectivity index (χ0n) is 13.0. The molecule has 3 rings (SSSR count). The van der Waals surface area contributed by atoms with Gasteiger partial charge >= 0.3 is 0 Å². The second kappa shape index (κ2) is 6.61. The topological polar surface area (TPSA) is 23.6 Å². The smallest absolute Gasteiger partial charge is 0.229 e. The number of nitrogens with zero attached hydrogens (tertiary/aromatic N) is 2. The molecule has 2 atom stereocenters. The molecule has 2 fully saturated rings. The van der Waals surface area contributed by atoms with E-state index in [0.717, 1.165) is 18.7 Å². The molecule has 3 heteroatoms. The third kappa shape index (κ3) is 3.46. The second-order valence-electron chi connectivity index (χ2n) is 6.58. The van der Waals surface area contributed by atoms with Crippen molar-refractivity contribution in [1.29, 1.82) is 0 Å². The molecular formula is C18H26N2O. The van der Waals surface area contributed by atoms with Gasteiger partial charge in [0.15, 0.2) is 0 Å². The van der Waals surface area contributed by atoms with Gasteiger partial charge < -0.3 is 9.80 Å². The van der Waals surface area contributed by atoms with Crippen molar-refractivity contribution in [3.8, 4) is 0 Å². The van der Waals surface area contributed by atoms with Gasteiger partial charge in [0.25, 0.3) is 0 Å². The summed E-state index contributed by atoms with van der Waals surface area (Å²) in [5.41, 5.74) is 1.13. The first-order valence-electron chi connectivity index (χ1n) is 8.30. The van der Waals surface area contributed by atoms with Crippen LogP contribution in [0.1, 0.15) is 37.7 Å². The number of likely N-dealkylation sites (tertiary alicyclic amines) is 2. The molecule has 3 nitrogen and oxygen atoms in total. The van der Waals surface area contributed by atoms with E-state index < -0.39 is 0 Å². The van der Waals surface area contributed by atoms with Crippen molar-refractivity contribution < 1.29 is 4.79 Å². The molecule has 2 heterocycles. The van der Waals surface area contributed by atoms with Crippen LogP contribution >= 0.6 is 0 Å². The second-order valence-corrected chi connectivity index (χ2v) is 6.58. The van der Waals surface area contributed by atoms with Crippen LogP contribution in [0.3, 0.4) is 0 Å². The molecule has 1 aromatic rings. The van der Waals surface area contributed by atoms with Gasteiger partial charge in [0, 0.05) is 19.6 Å². The zero-order valence-corrected chi connectivity index (χ0v) is 13.0. The summed E-state index contributed by atoms with van der Waals surface area (Å²) < 4.78 is 0. The van der Waals surface area contributed by atoms with E-state index in [1.165, 1.54) is 38.9 Å². The lowest BCUT2D eigenvalue weighted by Gasteiger charge is -2.23. The Bertz CT molecular complexity index is 467. The monoisotopic (exact) mass is 286 g/mol. The molecule has 1 aromatic carbocycles. The van der Waals surface area contributed by atoms with Crippen molar-refractivity contribution in [3.05, 3.63) is 35.9 Å². The predicted molar refractivity (Wildman–Crippen MR) is 85.2 cm³/mol. The Morgan fingerprint density at radius 1 is 1.19 bits per heavy atom. The average Bonchev–Trinajstić information content (AvgIpc) is 3.19. The molecule has 2 aliphatic rings. The molecule has 1 amide bonds. The number of carbonyl (C=O) groups is 1. The van der Waals surface area contributed by atoms with Gasteiger partial charge in [-0.2, -0.15) is 0 Å². The minimum absolute atomic E-state index is 0.0169. The van der Waals surface area contributed by atoms with Gasteiger partial charge in [-0.3, -0.25) is 4.79 Å². The van der Waals surface area contributed by atoms with E-state index in [-0.39, 0.29) is 5.92 Å². The molecule has 0 radical (unpaired) electrons. The average molecular weight is 286 g/mol. The van der Waals surface area contributed by atoms with E-state index in [1.807, 2.05) is 25.1 Å². The Balaban J connectivity index is 1.54. The lowest BCUT2D eigenvalue weighted by atomic mass is 10.00. The Morgan fingerprint density at radius 3 is 2.62 bits per heavy atom. The summed E-state index contributed by atoms with van der Waals surface area (Å²) in [6.07, 6.45) is 3.87. The highest BCUT2D eigenvalue weighted by Gasteiger charge is 2.30. The van der Waals surface area contributed by atoms with Crippen LogP contribution in [-0.4, -0.2) is 48.4 Å². The van der Waals surface area contributed by atoms with Crippen LogP contribution in [0, 0.1) is 5.92 Å². The summed E-state index contributed by atoms with van der Waals surface area (Å²) in [5, 5.41) is 0. The summed E-state index contributed by atoms with van der Waals surface area (Å²) >= 11 is 0. The van der Waals surface area contributed by atoms with Crippen molar-refractivity contribution >= 4 is 5.91 Å². The molecule has 0 bridgehead atoms. The highest BCUT2D eigenvalue weighted by atomic mass is 16.2. The number of benzene rings is 1. The Morgan fingerprint density at radius 2 is 1.90 bits per heavy atom. The molecule has 2 saturated heterocycles. The molecule has 0 aromatic heterocycles.